The molecule has 1 aromatic rings. The van der Waals surface area contributed by atoms with Crippen LogP contribution in [0.3, 0.4) is 0 Å². The Morgan fingerprint density at radius 3 is 3.04 bits per heavy atom. The summed E-state index contributed by atoms with van der Waals surface area (Å²) < 4.78 is 5.62. The number of ether oxygens (including phenoxy) is 1. The average Bonchev–Trinajstić information content (AvgIpc) is 2.88. The molecule has 2 rings (SSSR count). The fourth-order valence-electron chi connectivity index (χ4n) is 2.47. The number of hydrogen-bond acceptors (Lipinski definition) is 3. The molecule has 0 radical (unpaired) electrons. The first kappa shape index (κ1) is 17.3. The number of halogens is 1. The van der Waals surface area contributed by atoms with E-state index in [0.29, 0.717) is 36.2 Å². The highest BCUT2D eigenvalue weighted by molar-refractivity contribution is 6.32. The number of nitrogens with zero attached hydrogens (tertiary/aromatic N) is 1. The Morgan fingerprint density at radius 1 is 1.57 bits per heavy atom. The Balaban J connectivity index is 2.07. The molecule has 1 N–H and O–H groups in total. The maximum Gasteiger partial charge on any atom is 0.229 e. The number of amides is 2. The Hall–Kier alpha value is -2.01. The van der Waals surface area contributed by atoms with Gasteiger partial charge in [0.05, 0.1) is 23.2 Å². The van der Waals surface area contributed by atoms with Crippen LogP contribution in [0.25, 0.3) is 0 Å². The van der Waals surface area contributed by atoms with Crippen LogP contribution in [0.4, 0.5) is 5.69 Å². The third-order valence-electron chi connectivity index (χ3n) is 3.61. The second-order valence-corrected chi connectivity index (χ2v) is 5.85. The van der Waals surface area contributed by atoms with Crippen LogP contribution >= 0.6 is 11.6 Å². The second-order valence-electron chi connectivity index (χ2n) is 5.44. The van der Waals surface area contributed by atoms with E-state index in [9.17, 15) is 9.59 Å². The number of nitrogens with one attached hydrogen (secondary N) is 1. The summed E-state index contributed by atoms with van der Waals surface area (Å²) in [6, 6.07) is 5.21. The fourth-order valence-corrected chi connectivity index (χ4v) is 2.70. The molecular weight excluding hydrogens is 316 g/mol. The van der Waals surface area contributed by atoms with Gasteiger partial charge in [0, 0.05) is 19.5 Å². The van der Waals surface area contributed by atoms with Crippen LogP contribution in [-0.4, -0.2) is 36.4 Å². The number of carbonyl (C=O) groups excluding carboxylic acids is 2. The van der Waals surface area contributed by atoms with Crippen LogP contribution in [0.1, 0.15) is 19.8 Å². The van der Waals surface area contributed by atoms with Crippen LogP contribution in [0, 0.1) is 5.92 Å². The van der Waals surface area contributed by atoms with Crippen molar-refractivity contribution in [1.82, 2.24) is 4.90 Å². The van der Waals surface area contributed by atoms with Gasteiger partial charge in [-0.3, -0.25) is 9.59 Å². The Labute approximate surface area is 141 Å². The molecule has 1 aliphatic rings. The van der Waals surface area contributed by atoms with Crippen molar-refractivity contribution in [2.45, 2.75) is 19.8 Å². The number of benzene rings is 1. The molecule has 1 atom stereocenters. The zero-order valence-corrected chi connectivity index (χ0v) is 13.9. The average molecular weight is 337 g/mol. The Morgan fingerprint density at radius 2 is 2.35 bits per heavy atom. The quantitative estimate of drug-likeness (QED) is 0.778. The predicted molar refractivity (Wildman–Crippen MR) is 90.8 cm³/mol. The summed E-state index contributed by atoms with van der Waals surface area (Å²) in [7, 11) is 0. The maximum absolute atomic E-state index is 12.4. The molecule has 0 aromatic heterocycles. The molecule has 0 aliphatic carbocycles. The normalized spacial score (nSPS) is 17.2. The van der Waals surface area contributed by atoms with Gasteiger partial charge in [-0.05, 0) is 18.6 Å². The minimum absolute atomic E-state index is 0.0291. The lowest BCUT2D eigenvalue weighted by Gasteiger charge is -2.16. The van der Waals surface area contributed by atoms with E-state index in [2.05, 4.69) is 11.9 Å². The van der Waals surface area contributed by atoms with Crippen LogP contribution in [0.5, 0.6) is 5.75 Å². The molecule has 0 bridgehead atoms. The van der Waals surface area contributed by atoms with Crippen molar-refractivity contribution in [2.24, 2.45) is 5.92 Å². The lowest BCUT2D eigenvalue weighted by Crippen LogP contribution is -2.28. The van der Waals surface area contributed by atoms with Crippen LogP contribution in [0.2, 0.25) is 5.02 Å². The lowest BCUT2D eigenvalue weighted by atomic mass is 10.1. The lowest BCUT2D eigenvalue weighted by molar-refractivity contribution is -0.127. The van der Waals surface area contributed by atoms with Crippen molar-refractivity contribution >= 4 is 29.1 Å². The van der Waals surface area contributed by atoms with Gasteiger partial charge in [0.1, 0.15) is 0 Å². The van der Waals surface area contributed by atoms with Gasteiger partial charge in [0.25, 0.3) is 0 Å². The molecule has 6 heteroatoms. The van der Waals surface area contributed by atoms with Gasteiger partial charge in [0.15, 0.2) is 5.75 Å². The summed E-state index contributed by atoms with van der Waals surface area (Å²) in [5.41, 5.74) is 0.533. The van der Waals surface area contributed by atoms with Gasteiger partial charge in [-0.25, -0.2) is 0 Å². The first-order chi connectivity index (χ1) is 11.1. The van der Waals surface area contributed by atoms with Crippen LogP contribution < -0.4 is 10.1 Å². The molecule has 124 valence electrons. The highest BCUT2D eigenvalue weighted by atomic mass is 35.5. The number of hydrogen-bond donors (Lipinski definition) is 1. The van der Waals surface area contributed by atoms with Gasteiger partial charge in [0.2, 0.25) is 11.8 Å². The molecule has 1 saturated heterocycles. The monoisotopic (exact) mass is 336 g/mol. The van der Waals surface area contributed by atoms with E-state index >= 15 is 0 Å². The summed E-state index contributed by atoms with van der Waals surface area (Å²) in [5.74, 6) is -0.135. The minimum atomic E-state index is -0.375. The number of rotatable bonds is 7. The van der Waals surface area contributed by atoms with Gasteiger partial charge >= 0.3 is 0 Å². The van der Waals surface area contributed by atoms with E-state index in [1.165, 1.54) is 0 Å². The first-order valence-corrected chi connectivity index (χ1v) is 8.05. The van der Waals surface area contributed by atoms with E-state index in [1.54, 1.807) is 29.2 Å². The van der Waals surface area contributed by atoms with E-state index in [0.717, 1.165) is 6.42 Å². The maximum atomic E-state index is 12.4. The topological polar surface area (TPSA) is 58.6 Å². The van der Waals surface area contributed by atoms with E-state index in [4.69, 9.17) is 16.3 Å². The van der Waals surface area contributed by atoms with E-state index < -0.39 is 0 Å². The van der Waals surface area contributed by atoms with Gasteiger partial charge in [-0.2, -0.15) is 0 Å². The number of likely N-dealkylation sites (tertiary alicyclic amines) is 1. The van der Waals surface area contributed by atoms with Gasteiger partial charge in [-0.15, -0.1) is 6.58 Å². The van der Waals surface area contributed by atoms with Gasteiger partial charge < -0.3 is 15.0 Å². The number of anilines is 1. The SMILES string of the molecule is C=CCN1CC(C(=O)Nc2cccc(Cl)c2OCCC)CC1=O. The highest BCUT2D eigenvalue weighted by Gasteiger charge is 2.34. The smallest absolute Gasteiger partial charge is 0.229 e. The Bertz CT molecular complexity index is 604. The van der Waals surface area contributed by atoms with Crippen molar-refractivity contribution in [3.8, 4) is 5.75 Å². The number of carbonyl (C=O) groups is 2. The summed E-state index contributed by atoms with van der Waals surface area (Å²) in [6.45, 7) is 7.00. The molecule has 5 nitrogen and oxygen atoms in total. The molecule has 1 unspecified atom stereocenters. The van der Waals surface area contributed by atoms with Crippen molar-refractivity contribution in [2.75, 3.05) is 25.0 Å². The molecule has 0 spiro atoms. The van der Waals surface area contributed by atoms with E-state index in [-0.39, 0.29) is 24.2 Å². The standard InChI is InChI=1S/C17H21ClN2O3/c1-3-8-20-11-12(10-15(20)21)17(22)19-14-7-5-6-13(18)16(14)23-9-4-2/h3,5-7,12H,1,4,8-11H2,2H3,(H,19,22). The summed E-state index contributed by atoms with van der Waals surface area (Å²) in [5, 5.41) is 3.28. The molecule has 0 saturated carbocycles. The minimum Gasteiger partial charge on any atom is -0.490 e. The third kappa shape index (κ3) is 4.26. The summed E-state index contributed by atoms with van der Waals surface area (Å²) in [6.07, 6.45) is 2.71. The van der Waals surface area contributed by atoms with E-state index in [1.807, 2.05) is 6.92 Å². The number of para-hydroxylation sites is 1. The molecule has 1 aromatic carbocycles. The van der Waals surface area contributed by atoms with Gasteiger partial charge in [-0.1, -0.05) is 30.7 Å². The van der Waals surface area contributed by atoms with Crippen LogP contribution in [0.15, 0.2) is 30.9 Å². The predicted octanol–water partition coefficient (Wildman–Crippen LogP) is 3.10. The molecule has 2 amide bonds. The zero-order chi connectivity index (χ0) is 16.8. The summed E-state index contributed by atoms with van der Waals surface area (Å²) >= 11 is 6.15. The van der Waals surface area contributed by atoms with Crippen molar-refractivity contribution < 1.29 is 14.3 Å². The largest absolute Gasteiger partial charge is 0.490 e. The first-order valence-electron chi connectivity index (χ1n) is 7.67. The highest BCUT2D eigenvalue weighted by Crippen LogP contribution is 2.33. The molecule has 1 heterocycles. The van der Waals surface area contributed by atoms with Crippen molar-refractivity contribution in [1.29, 1.82) is 0 Å². The zero-order valence-electron chi connectivity index (χ0n) is 13.2. The summed E-state index contributed by atoms with van der Waals surface area (Å²) in [4.78, 5) is 25.9. The second kappa shape index (κ2) is 8.02. The molecule has 1 fully saturated rings. The molecule has 1 aliphatic heterocycles. The Kier molecular flexibility index (Phi) is 6.04. The fraction of sp³-hybridized carbons (Fsp3) is 0.412. The third-order valence-corrected chi connectivity index (χ3v) is 3.91. The molecule has 23 heavy (non-hydrogen) atoms. The van der Waals surface area contributed by atoms with Crippen molar-refractivity contribution in [3.63, 3.8) is 0 Å². The molecular formula is C17H21ClN2O3. The van der Waals surface area contributed by atoms with Crippen molar-refractivity contribution in [3.05, 3.63) is 35.9 Å². The van der Waals surface area contributed by atoms with Crippen LogP contribution in [-0.2, 0) is 9.59 Å².